The first-order valence-electron chi connectivity index (χ1n) is 8.22. The van der Waals surface area contributed by atoms with Gasteiger partial charge in [-0.2, -0.15) is 0 Å². The lowest BCUT2D eigenvalue weighted by molar-refractivity contribution is 0.0197. The molecule has 4 nitrogen and oxygen atoms in total. The lowest BCUT2D eigenvalue weighted by atomic mass is 10.1. The Morgan fingerprint density at radius 2 is 2.04 bits per heavy atom. The molecular formula is C18H27FN2O2. The average Bonchev–Trinajstić information content (AvgIpc) is 3.06. The first-order chi connectivity index (χ1) is 10.9. The number of likely N-dealkylation sites (tertiary alicyclic amines) is 1. The van der Waals surface area contributed by atoms with Crippen molar-refractivity contribution in [2.75, 3.05) is 33.8 Å². The van der Waals surface area contributed by atoms with E-state index in [1.807, 2.05) is 6.92 Å². The number of nitrogens with zero attached hydrogens (tertiary/aromatic N) is 2. The molecule has 0 N–H and O–H groups in total. The summed E-state index contributed by atoms with van der Waals surface area (Å²) in [6.45, 7) is 6.61. The standard InChI is InChI=1S/C18H27FN2O2/c1-13-11-15(7-8-16(13)19)18(22)20(3)17(14(2)23-4)12-21-9-5-6-10-21/h7-8,11,14,17H,5-6,9-10,12H2,1-4H3/t14-,17-/m1/s1. The van der Waals surface area contributed by atoms with Crippen LogP contribution in [0.3, 0.4) is 0 Å². The zero-order valence-electron chi connectivity index (χ0n) is 14.5. The molecule has 0 spiro atoms. The lowest BCUT2D eigenvalue weighted by Gasteiger charge is -2.35. The summed E-state index contributed by atoms with van der Waals surface area (Å²) in [7, 11) is 3.47. The van der Waals surface area contributed by atoms with Gasteiger partial charge >= 0.3 is 0 Å². The van der Waals surface area contributed by atoms with Crippen LogP contribution in [0, 0.1) is 12.7 Å². The summed E-state index contributed by atoms with van der Waals surface area (Å²) in [5.74, 6) is -0.385. The van der Waals surface area contributed by atoms with Crippen molar-refractivity contribution in [2.45, 2.75) is 38.8 Å². The normalized spacial score (nSPS) is 18.0. The van der Waals surface area contributed by atoms with Crippen LogP contribution in [0.25, 0.3) is 0 Å². The van der Waals surface area contributed by atoms with E-state index in [9.17, 15) is 9.18 Å². The Kier molecular flexibility index (Phi) is 6.13. The summed E-state index contributed by atoms with van der Waals surface area (Å²) in [4.78, 5) is 16.9. The van der Waals surface area contributed by atoms with Gasteiger partial charge in [0.2, 0.25) is 0 Å². The monoisotopic (exact) mass is 322 g/mol. The van der Waals surface area contributed by atoms with Crippen molar-refractivity contribution >= 4 is 5.91 Å². The molecule has 0 bridgehead atoms. The van der Waals surface area contributed by atoms with Crippen LogP contribution in [-0.4, -0.2) is 61.6 Å². The third-order valence-electron chi connectivity index (χ3n) is 4.78. The van der Waals surface area contributed by atoms with Gasteiger partial charge in [0.25, 0.3) is 5.91 Å². The Labute approximate surface area is 138 Å². The van der Waals surface area contributed by atoms with Crippen molar-refractivity contribution in [1.82, 2.24) is 9.80 Å². The van der Waals surface area contributed by atoms with E-state index in [1.54, 1.807) is 38.1 Å². The van der Waals surface area contributed by atoms with Gasteiger partial charge in [0.15, 0.2) is 0 Å². The molecule has 5 heteroatoms. The van der Waals surface area contributed by atoms with Crippen LogP contribution in [0.2, 0.25) is 0 Å². The topological polar surface area (TPSA) is 32.8 Å². The second-order valence-electron chi connectivity index (χ2n) is 6.40. The number of ether oxygens (including phenoxy) is 1. The van der Waals surface area contributed by atoms with Crippen molar-refractivity contribution in [3.05, 3.63) is 35.1 Å². The number of amides is 1. The predicted molar refractivity (Wildman–Crippen MR) is 89.2 cm³/mol. The Bertz CT molecular complexity index is 544. The Balaban J connectivity index is 2.15. The molecule has 128 valence electrons. The van der Waals surface area contributed by atoms with E-state index < -0.39 is 0 Å². The van der Waals surface area contributed by atoms with Crippen molar-refractivity contribution in [1.29, 1.82) is 0 Å². The fourth-order valence-electron chi connectivity index (χ4n) is 3.10. The highest BCUT2D eigenvalue weighted by Crippen LogP contribution is 2.17. The maximum atomic E-state index is 13.4. The lowest BCUT2D eigenvalue weighted by Crippen LogP contribution is -2.50. The van der Waals surface area contributed by atoms with Crippen LogP contribution in [0.1, 0.15) is 35.7 Å². The molecule has 23 heavy (non-hydrogen) atoms. The van der Waals surface area contributed by atoms with Crippen molar-refractivity contribution in [3.63, 3.8) is 0 Å². The van der Waals surface area contributed by atoms with Crippen molar-refractivity contribution < 1.29 is 13.9 Å². The minimum Gasteiger partial charge on any atom is -0.380 e. The van der Waals surface area contributed by atoms with Gasteiger partial charge in [-0.1, -0.05) is 0 Å². The third kappa shape index (κ3) is 4.30. The van der Waals surface area contributed by atoms with Crippen LogP contribution in [-0.2, 0) is 4.74 Å². The largest absolute Gasteiger partial charge is 0.380 e. The average molecular weight is 322 g/mol. The molecule has 0 saturated carbocycles. The predicted octanol–water partition coefficient (Wildman–Crippen LogP) is 2.71. The quantitative estimate of drug-likeness (QED) is 0.807. The molecule has 0 aliphatic carbocycles. The van der Waals surface area contributed by atoms with Crippen molar-refractivity contribution in [3.8, 4) is 0 Å². The molecule has 1 saturated heterocycles. The number of carbonyl (C=O) groups excluding carboxylic acids is 1. The SMILES string of the molecule is CO[C@H](C)[C@@H](CN1CCCC1)N(C)C(=O)c1ccc(F)c(C)c1. The number of aryl methyl sites for hydroxylation is 1. The molecule has 2 atom stereocenters. The van der Waals surface area contributed by atoms with E-state index in [0.29, 0.717) is 11.1 Å². The first-order valence-corrected chi connectivity index (χ1v) is 8.22. The number of likely N-dealkylation sites (N-methyl/N-ethyl adjacent to an activating group) is 1. The molecule has 1 amide bonds. The van der Waals surface area contributed by atoms with Gasteiger partial charge in [-0.3, -0.25) is 4.79 Å². The van der Waals surface area contributed by atoms with Crippen LogP contribution in [0.5, 0.6) is 0 Å². The highest BCUT2D eigenvalue weighted by Gasteiger charge is 2.29. The summed E-state index contributed by atoms with van der Waals surface area (Å²) in [5.41, 5.74) is 1.00. The molecule has 1 aliphatic heterocycles. The molecule has 1 heterocycles. The van der Waals surface area contributed by atoms with E-state index in [4.69, 9.17) is 4.74 Å². The van der Waals surface area contributed by atoms with Gasteiger partial charge in [0.05, 0.1) is 12.1 Å². The highest BCUT2D eigenvalue weighted by atomic mass is 19.1. The van der Waals surface area contributed by atoms with E-state index in [1.165, 1.54) is 18.9 Å². The van der Waals surface area contributed by atoms with Gasteiger partial charge in [0, 0.05) is 26.3 Å². The molecule has 0 aromatic heterocycles. The summed E-state index contributed by atoms with van der Waals surface area (Å²) in [6.07, 6.45) is 2.36. The minimum atomic E-state index is -0.289. The number of hydrogen-bond acceptors (Lipinski definition) is 3. The maximum Gasteiger partial charge on any atom is 0.253 e. The number of halogens is 1. The number of hydrogen-bond donors (Lipinski definition) is 0. The number of methoxy groups -OCH3 is 1. The van der Waals surface area contributed by atoms with Crippen LogP contribution in [0.4, 0.5) is 4.39 Å². The van der Waals surface area contributed by atoms with Crippen LogP contribution < -0.4 is 0 Å². The molecule has 1 aliphatic rings. The zero-order valence-corrected chi connectivity index (χ0v) is 14.5. The summed E-state index contributed by atoms with van der Waals surface area (Å²) in [5, 5.41) is 0. The number of rotatable bonds is 6. The second kappa shape index (κ2) is 7.88. The van der Waals surface area contributed by atoms with Gasteiger partial charge in [-0.15, -0.1) is 0 Å². The molecule has 1 aromatic rings. The van der Waals surface area contributed by atoms with Crippen LogP contribution in [0.15, 0.2) is 18.2 Å². The van der Waals surface area contributed by atoms with E-state index >= 15 is 0 Å². The zero-order chi connectivity index (χ0) is 17.0. The summed E-state index contributed by atoms with van der Waals surface area (Å²) < 4.78 is 18.9. The van der Waals surface area contributed by atoms with Crippen LogP contribution >= 0.6 is 0 Å². The second-order valence-corrected chi connectivity index (χ2v) is 6.40. The molecule has 1 fully saturated rings. The summed E-state index contributed by atoms with van der Waals surface area (Å²) in [6, 6.07) is 4.48. The fourth-order valence-corrected chi connectivity index (χ4v) is 3.10. The van der Waals surface area contributed by atoms with Gasteiger partial charge in [-0.25, -0.2) is 4.39 Å². The Morgan fingerprint density at radius 1 is 1.39 bits per heavy atom. The molecule has 0 radical (unpaired) electrons. The number of carbonyl (C=O) groups is 1. The van der Waals surface area contributed by atoms with E-state index in [2.05, 4.69) is 4.90 Å². The smallest absolute Gasteiger partial charge is 0.253 e. The maximum absolute atomic E-state index is 13.4. The first kappa shape index (κ1) is 17.9. The highest BCUT2D eigenvalue weighted by molar-refractivity contribution is 5.94. The Hall–Kier alpha value is -1.46. The van der Waals surface area contributed by atoms with Gasteiger partial charge < -0.3 is 14.5 Å². The fraction of sp³-hybridized carbons (Fsp3) is 0.611. The Morgan fingerprint density at radius 3 is 2.61 bits per heavy atom. The summed E-state index contributed by atoms with van der Waals surface area (Å²) >= 11 is 0. The molecule has 1 aromatic carbocycles. The molecule has 2 rings (SSSR count). The minimum absolute atomic E-state index is 0.0315. The van der Waals surface area contributed by atoms with Crippen molar-refractivity contribution in [2.24, 2.45) is 0 Å². The van der Waals surface area contributed by atoms with E-state index in [-0.39, 0.29) is 23.9 Å². The number of benzene rings is 1. The molecule has 0 unspecified atom stereocenters. The third-order valence-corrected chi connectivity index (χ3v) is 4.78. The molecular weight excluding hydrogens is 295 g/mol. The van der Waals surface area contributed by atoms with E-state index in [0.717, 1.165) is 19.6 Å². The van der Waals surface area contributed by atoms with Gasteiger partial charge in [-0.05, 0) is 63.5 Å². The van der Waals surface area contributed by atoms with Gasteiger partial charge in [0.1, 0.15) is 5.82 Å².